The van der Waals surface area contributed by atoms with Crippen molar-refractivity contribution in [1.29, 1.82) is 0 Å². The fourth-order valence-electron chi connectivity index (χ4n) is 2.20. The van der Waals surface area contributed by atoms with Crippen LogP contribution in [0.5, 0.6) is 0 Å². The Hall–Kier alpha value is -1.03. The molecule has 1 aliphatic heterocycles. The molecule has 0 N–H and O–H groups in total. The van der Waals surface area contributed by atoms with Gasteiger partial charge in [-0.2, -0.15) is 0 Å². The summed E-state index contributed by atoms with van der Waals surface area (Å²) < 4.78 is 0.977. The molecule has 0 aromatic heterocycles. The molecule has 17 heavy (non-hydrogen) atoms. The van der Waals surface area contributed by atoms with Crippen molar-refractivity contribution in [2.75, 3.05) is 0 Å². The molecule has 1 aromatic carbocycles. The summed E-state index contributed by atoms with van der Waals surface area (Å²) in [5, 5.41) is 0. The zero-order chi connectivity index (χ0) is 12.5. The lowest BCUT2D eigenvalue weighted by Crippen LogP contribution is -2.53. The smallest absolute Gasteiger partial charge is 0.131 e. The van der Waals surface area contributed by atoms with Crippen LogP contribution < -0.4 is 0 Å². The minimum atomic E-state index is -0.191. The van der Waals surface area contributed by atoms with Gasteiger partial charge >= 0.3 is 0 Å². The zero-order valence-corrected chi connectivity index (χ0v) is 11.6. The molecule has 0 radical (unpaired) electrons. The van der Waals surface area contributed by atoms with E-state index in [9.17, 15) is 0 Å². The van der Waals surface area contributed by atoms with Gasteiger partial charge in [0, 0.05) is 9.88 Å². The maximum absolute atomic E-state index is 5.30. The molecule has 0 atom stereocenters. The van der Waals surface area contributed by atoms with Crippen LogP contribution in [0, 0.1) is 0 Å². The van der Waals surface area contributed by atoms with E-state index in [-0.39, 0.29) is 5.54 Å². The molecular formula is C14H15NS2. The van der Waals surface area contributed by atoms with Gasteiger partial charge in [0.2, 0.25) is 0 Å². The molecule has 1 aromatic rings. The largest absolute Gasteiger partial charge is 0.369 e. The minimum absolute atomic E-state index is 0.191. The van der Waals surface area contributed by atoms with Gasteiger partial charge in [-0.15, -0.1) is 0 Å². The normalized spacial score (nSPS) is 17.3. The van der Waals surface area contributed by atoms with Crippen LogP contribution in [0.1, 0.15) is 19.4 Å². The van der Waals surface area contributed by atoms with Gasteiger partial charge in [0.05, 0.1) is 0 Å². The molecule has 0 spiro atoms. The molecule has 0 saturated carbocycles. The molecule has 0 amide bonds. The summed E-state index contributed by atoms with van der Waals surface area (Å²) in [5.41, 5.74) is 1.03. The summed E-state index contributed by atoms with van der Waals surface area (Å²) in [4.78, 5) is 0. The molecule has 2 rings (SSSR count). The number of thiocarbonyl (C=S) groups is 1. The zero-order valence-electron chi connectivity index (χ0n) is 9.96. The van der Waals surface area contributed by atoms with E-state index in [0.29, 0.717) is 8.80 Å². The Kier molecular flexibility index (Phi) is 3.17. The Labute approximate surface area is 113 Å². The number of benzene rings is 1. The number of allylic oxidation sites excluding steroid dienone is 2. The minimum Gasteiger partial charge on any atom is -0.369 e. The third kappa shape index (κ3) is 1.84. The lowest BCUT2D eigenvalue weighted by molar-refractivity contribution is -0.791. The van der Waals surface area contributed by atoms with Crippen LogP contribution in [-0.4, -0.2) is 8.80 Å². The molecule has 1 nitrogen and oxygen atoms in total. The van der Waals surface area contributed by atoms with Crippen LogP contribution in [0.15, 0.2) is 54.9 Å². The maximum atomic E-state index is 5.30. The van der Waals surface area contributed by atoms with E-state index in [1.54, 1.807) is 0 Å². The van der Waals surface area contributed by atoms with Gasteiger partial charge in [-0.1, -0.05) is 30.3 Å². The van der Waals surface area contributed by atoms with Crippen LogP contribution in [0.2, 0.25) is 0 Å². The van der Waals surface area contributed by atoms with Crippen molar-refractivity contribution in [3.63, 3.8) is 0 Å². The van der Waals surface area contributed by atoms with Crippen molar-refractivity contribution >= 4 is 29.2 Å². The van der Waals surface area contributed by atoms with Crippen LogP contribution in [0.3, 0.4) is 0 Å². The Balaban J connectivity index is 2.55. The van der Waals surface area contributed by atoms with E-state index in [1.807, 2.05) is 30.4 Å². The lowest BCUT2D eigenvalue weighted by Gasteiger charge is -2.45. The van der Waals surface area contributed by atoms with Crippen LogP contribution >= 0.6 is 12.2 Å². The summed E-state index contributed by atoms with van der Waals surface area (Å²) in [6.07, 6.45) is 8.12. The second-order valence-electron chi connectivity index (χ2n) is 4.65. The SMILES string of the molecule is CC(C)(c1ccccc1)[N+]1(C(=S)[S-])C=CC=C1. The first-order valence-corrected chi connectivity index (χ1v) is 6.35. The van der Waals surface area contributed by atoms with Crippen molar-refractivity contribution in [1.82, 2.24) is 0 Å². The number of hydrogen-bond acceptors (Lipinski definition) is 2. The fourth-order valence-corrected chi connectivity index (χ4v) is 2.90. The van der Waals surface area contributed by atoms with Gasteiger partial charge < -0.3 is 24.8 Å². The van der Waals surface area contributed by atoms with E-state index in [1.165, 1.54) is 5.56 Å². The topological polar surface area (TPSA) is 0 Å². The van der Waals surface area contributed by atoms with Gasteiger partial charge in [-0.3, -0.25) is 0 Å². The summed E-state index contributed by atoms with van der Waals surface area (Å²) in [6, 6.07) is 10.3. The van der Waals surface area contributed by atoms with E-state index >= 15 is 0 Å². The average molecular weight is 261 g/mol. The monoisotopic (exact) mass is 261 g/mol. The molecule has 0 fully saturated rings. The third-order valence-electron chi connectivity index (χ3n) is 3.46. The van der Waals surface area contributed by atoms with Crippen molar-refractivity contribution < 1.29 is 4.48 Å². The summed E-state index contributed by atoms with van der Waals surface area (Å²) in [5.74, 6) is 0. The number of nitrogens with zero attached hydrogens (tertiary/aromatic N) is 1. The summed E-state index contributed by atoms with van der Waals surface area (Å²) in [6.45, 7) is 4.34. The highest BCUT2D eigenvalue weighted by atomic mass is 32.1. The molecule has 0 unspecified atom stereocenters. The molecule has 3 heteroatoms. The summed E-state index contributed by atoms with van der Waals surface area (Å²) >= 11 is 10.6. The highest BCUT2D eigenvalue weighted by Gasteiger charge is 2.43. The van der Waals surface area contributed by atoms with Crippen LogP contribution in [0.25, 0.3) is 0 Å². The number of rotatable bonds is 2. The molecular weight excluding hydrogens is 246 g/mol. The standard InChI is InChI=1S/C14H15NS2/c1-14(2,12-8-4-3-5-9-12)15(13(16)17)10-6-7-11-15/h3-11H,1-2H3. The Bertz CT molecular complexity index is 474. The average Bonchev–Trinajstić information content (AvgIpc) is 2.81. The molecule has 0 aliphatic carbocycles. The molecule has 0 saturated heterocycles. The predicted molar refractivity (Wildman–Crippen MR) is 78.0 cm³/mol. The summed E-state index contributed by atoms with van der Waals surface area (Å²) in [7, 11) is 0. The van der Waals surface area contributed by atoms with E-state index in [0.717, 1.165) is 0 Å². The van der Waals surface area contributed by atoms with Crippen molar-refractivity contribution in [2.24, 2.45) is 0 Å². The molecule has 1 heterocycles. The Morgan fingerprint density at radius 3 is 2.12 bits per heavy atom. The second-order valence-corrected chi connectivity index (χ2v) is 5.68. The van der Waals surface area contributed by atoms with Crippen molar-refractivity contribution in [3.8, 4) is 0 Å². The lowest BCUT2D eigenvalue weighted by atomic mass is 9.91. The van der Waals surface area contributed by atoms with E-state index in [4.69, 9.17) is 24.8 Å². The highest BCUT2D eigenvalue weighted by molar-refractivity contribution is 7.99. The van der Waals surface area contributed by atoms with Crippen molar-refractivity contribution in [2.45, 2.75) is 19.4 Å². The fraction of sp³-hybridized carbons (Fsp3) is 0.214. The van der Waals surface area contributed by atoms with Crippen LogP contribution in [0.4, 0.5) is 0 Å². The quantitative estimate of drug-likeness (QED) is 0.453. The van der Waals surface area contributed by atoms with Gasteiger partial charge in [-0.25, -0.2) is 4.48 Å². The van der Waals surface area contributed by atoms with E-state index < -0.39 is 0 Å². The van der Waals surface area contributed by atoms with Gasteiger partial charge in [0.1, 0.15) is 17.9 Å². The van der Waals surface area contributed by atoms with Gasteiger partial charge in [0.15, 0.2) is 0 Å². The Morgan fingerprint density at radius 2 is 1.65 bits per heavy atom. The first-order valence-electron chi connectivity index (χ1n) is 5.53. The Morgan fingerprint density at radius 1 is 1.12 bits per heavy atom. The molecule has 1 aliphatic rings. The first-order chi connectivity index (χ1) is 8.01. The van der Waals surface area contributed by atoms with Crippen molar-refractivity contribution in [3.05, 3.63) is 60.4 Å². The van der Waals surface area contributed by atoms with Gasteiger partial charge in [0.25, 0.3) is 0 Å². The predicted octanol–water partition coefficient (Wildman–Crippen LogP) is 3.61. The van der Waals surface area contributed by atoms with Gasteiger partial charge in [-0.05, 0) is 26.0 Å². The van der Waals surface area contributed by atoms with E-state index in [2.05, 4.69) is 38.4 Å². The maximum Gasteiger partial charge on any atom is 0.131 e. The molecule has 0 bridgehead atoms. The first kappa shape index (κ1) is 12.4. The third-order valence-corrected chi connectivity index (χ3v) is 4.07. The number of quaternary nitrogens is 1. The van der Waals surface area contributed by atoms with Crippen LogP contribution in [-0.2, 0) is 18.2 Å². The second kappa shape index (κ2) is 4.33. The number of hydrogen-bond donors (Lipinski definition) is 0. The molecule has 88 valence electrons. The highest BCUT2D eigenvalue weighted by Crippen LogP contribution is 2.39.